The van der Waals surface area contributed by atoms with Gasteiger partial charge >= 0.3 is 0 Å². The van der Waals surface area contributed by atoms with Gasteiger partial charge in [0, 0.05) is 29.1 Å². The Morgan fingerprint density at radius 1 is 1.43 bits per heavy atom. The lowest BCUT2D eigenvalue weighted by Gasteiger charge is -2.11. The van der Waals surface area contributed by atoms with Gasteiger partial charge in [-0.1, -0.05) is 23.7 Å². The lowest BCUT2D eigenvalue weighted by atomic mass is 10.2. The van der Waals surface area contributed by atoms with Crippen LogP contribution in [0.25, 0.3) is 0 Å². The number of rotatable bonds is 5. The van der Waals surface area contributed by atoms with Gasteiger partial charge < -0.3 is 10.6 Å². The molecule has 2 N–H and O–H groups in total. The summed E-state index contributed by atoms with van der Waals surface area (Å²) >= 11 is 6.09. The summed E-state index contributed by atoms with van der Waals surface area (Å²) in [5.41, 5.74) is 2.97. The van der Waals surface area contributed by atoms with Crippen LogP contribution in [0.5, 0.6) is 0 Å². The Hall–Kier alpha value is -2.33. The smallest absolute Gasteiger partial charge is 0.270 e. The van der Waals surface area contributed by atoms with Gasteiger partial charge in [-0.25, -0.2) is 0 Å². The first-order valence-electron chi connectivity index (χ1n) is 6.49. The van der Waals surface area contributed by atoms with Crippen molar-refractivity contribution in [3.63, 3.8) is 0 Å². The molecular weight excluding hydrogens is 286 g/mol. The highest BCUT2D eigenvalue weighted by Crippen LogP contribution is 2.26. The average molecular weight is 302 g/mol. The summed E-state index contributed by atoms with van der Waals surface area (Å²) < 4.78 is 0. The number of nitrogens with one attached hydrogen (secondary N) is 2. The summed E-state index contributed by atoms with van der Waals surface area (Å²) in [6.45, 7) is 5.90. The second kappa shape index (κ2) is 6.90. The summed E-state index contributed by atoms with van der Waals surface area (Å²) in [7, 11) is 0. The minimum Gasteiger partial charge on any atom is -0.355 e. The molecule has 1 heterocycles. The van der Waals surface area contributed by atoms with Crippen molar-refractivity contribution in [2.75, 3.05) is 11.9 Å². The van der Waals surface area contributed by atoms with E-state index in [-0.39, 0.29) is 5.91 Å². The molecule has 5 heteroatoms. The lowest BCUT2D eigenvalue weighted by molar-refractivity contribution is 0.0953. The molecule has 0 fully saturated rings. The number of benzene rings is 1. The topological polar surface area (TPSA) is 54.0 Å². The lowest BCUT2D eigenvalue weighted by Crippen LogP contribution is -2.24. The zero-order valence-electron chi connectivity index (χ0n) is 11.7. The number of carbonyl (C=O) groups is 1. The molecule has 1 aromatic heterocycles. The molecule has 0 aliphatic rings. The van der Waals surface area contributed by atoms with E-state index in [4.69, 9.17) is 11.6 Å². The molecule has 1 aromatic carbocycles. The van der Waals surface area contributed by atoms with Gasteiger partial charge in [-0.05, 0) is 36.8 Å². The van der Waals surface area contributed by atoms with Crippen LogP contribution in [0, 0.1) is 6.92 Å². The number of hydrogen-bond acceptors (Lipinski definition) is 3. The van der Waals surface area contributed by atoms with Crippen molar-refractivity contribution in [2.24, 2.45) is 0 Å². The second-order valence-corrected chi connectivity index (χ2v) is 4.87. The number of nitrogens with zero attached hydrogens (tertiary/aromatic N) is 1. The van der Waals surface area contributed by atoms with Crippen LogP contribution in [-0.4, -0.2) is 17.4 Å². The van der Waals surface area contributed by atoms with Gasteiger partial charge in [-0.3, -0.25) is 9.78 Å². The fourth-order valence-electron chi connectivity index (χ4n) is 1.79. The van der Waals surface area contributed by atoms with E-state index in [1.807, 2.05) is 25.1 Å². The van der Waals surface area contributed by atoms with Gasteiger partial charge in [0.2, 0.25) is 0 Å². The van der Waals surface area contributed by atoms with Crippen molar-refractivity contribution in [2.45, 2.75) is 6.92 Å². The standard InChI is InChI=1S/C16H16ClN3O/c1-3-8-19-16(21)15-10-12(7-9-18-15)20-14-6-4-5-13(17)11(14)2/h3-7,9-10H,1,8H2,2H3,(H,18,20)(H,19,21). The van der Waals surface area contributed by atoms with Crippen LogP contribution in [0.4, 0.5) is 11.4 Å². The predicted molar refractivity (Wildman–Crippen MR) is 86.2 cm³/mol. The highest BCUT2D eigenvalue weighted by molar-refractivity contribution is 6.31. The van der Waals surface area contributed by atoms with E-state index < -0.39 is 0 Å². The molecule has 0 saturated carbocycles. The minimum absolute atomic E-state index is 0.235. The summed E-state index contributed by atoms with van der Waals surface area (Å²) in [6.07, 6.45) is 3.21. The normalized spacial score (nSPS) is 10.0. The van der Waals surface area contributed by atoms with Crippen molar-refractivity contribution in [1.29, 1.82) is 0 Å². The Labute approximate surface area is 128 Å². The quantitative estimate of drug-likeness (QED) is 0.828. The number of carbonyl (C=O) groups excluding carboxylic acids is 1. The van der Waals surface area contributed by atoms with Gasteiger partial charge in [-0.15, -0.1) is 6.58 Å². The molecule has 0 saturated heterocycles. The zero-order valence-corrected chi connectivity index (χ0v) is 12.4. The molecule has 4 nitrogen and oxygen atoms in total. The molecule has 0 bridgehead atoms. The summed E-state index contributed by atoms with van der Waals surface area (Å²) in [5, 5.41) is 6.62. The molecule has 0 spiro atoms. The van der Waals surface area contributed by atoms with E-state index in [1.165, 1.54) is 0 Å². The largest absolute Gasteiger partial charge is 0.355 e. The Morgan fingerprint density at radius 3 is 3.00 bits per heavy atom. The summed E-state index contributed by atoms with van der Waals surface area (Å²) in [4.78, 5) is 15.9. The molecule has 0 aliphatic carbocycles. The number of amides is 1. The third kappa shape index (κ3) is 3.83. The van der Waals surface area contributed by atoms with E-state index in [2.05, 4.69) is 22.2 Å². The van der Waals surface area contributed by atoms with Crippen LogP contribution in [0.3, 0.4) is 0 Å². The molecular formula is C16H16ClN3O. The van der Waals surface area contributed by atoms with Crippen molar-refractivity contribution in [3.8, 4) is 0 Å². The number of pyridine rings is 1. The molecule has 21 heavy (non-hydrogen) atoms. The van der Waals surface area contributed by atoms with E-state index in [1.54, 1.807) is 24.4 Å². The van der Waals surface area contributed by atoms with Gasteiger partial charge in [-0.2, -0.15) is 0 Å². The Kier molecular flexibility index (Phi) is 4.95. The number of halogens is 1. The SMILES string of the molecule is C=CCNC(=O)c1cc(Nc2cccc(Cl)c2C)ccn1. The highest BCUT2D eigenvalue weighted by Gasteiger charge is 2.08. The summed E-state index contributed by atoms with van der Waals surface area (Å²) in [6, 6.07) is 9.13. The van der Waals surface area contributed by atoms with Gasteiger partial charge in [0.1, 0.15) is 5.69 Å². The van der Waals surface area contributed by atoms with Gasteiger partial charge in [0.25, 0.3) is 5.91 Å². The van der Waals surface area contributed by atoms with Gasteiger partial charge in [0.15, 0.2) is 0 Å². The fraction of sp³-hybridized carbons (Fsp3) is 0.125. The molecule has 2 aromatic rings. The fourth-order valence-corrected chi connectivity index (χ4v) is 1.96. The molecule has 0 atom stereocenters. The maximum Gasteiger partial charge on any atom is 0.270 e. The van der Waals surface area contributed by atoms with Crippen LogP contribution >= 0.6 is 11.6 Å². The monoisotopic (exact) mass is 301 g/mol. The van der Waals surface area contributed by atoms with Crippen LogP contribution in [0.15, 0.2) is 49.2 Å². The minimum atomic E-state index is -0.235. The average Bonchev–Trinajstić information content (AvgIpc) is 2.50. The van der Waals surface area contributed by atoms with E-state index >= 15 is 0 Å². The molecule has 1 amide bonds. The third-order valence-electron chi connectivity index (χ3n) is 2.95. The van der Waals surface area contributed by atoms with E-state index in [0.29, 0.717) is 17.3 Å². The molecule has 0 unspecified atom stereocenters. The third-order valence-corrected chi connectivity index (χ3v) is 3.36. The molecule has 2 rings (SSSR count). The first-order valence-corrected chi connectivity index (χ1v) is 6.87. The van der Waals surface area contributed by atoms with Crippen LogP contribution in [0.2, 0.25) is 5.02 Å². The van der Waals surface area contributed by atoms with E-state index in [0.717, 1.165) is 16.9 Å². The van der Waals surface area contributed by atoms with Crippen molar-refractivity contribution in [3.05, 3.63) is 65.5 Å². The zero-order chi connectivity index (χ0) is 15.2. The van der Waals surface area contributed by atoms with Crippen LogP contribution in [0.1, 0.15) is 16.1 Å². The van der Waals surface area contributed by atoms with Crippen LogP contribution in [-0.2, 0) is 0 Å². The van der Waals surface area contributed by atoms with Crippen molar-refractivity contribution >= 4 is 28.9 Å². The maximum absolute atomic E-state index is 11.9. The van der Waals surface area contributed by atoms with Crippen molar-refractivity contribution < 1.29 is 4.79 Å². The summed E-state index contributed by atoms with van der Waals surface area (Å²) in [5.74, 6) is -0.235. The number of anilines is 2. The second-order valence-electron chi connectivity index (χ2n) is 4.47. The predicted octanol–water partition coefficient (Wildman–Crippen LogP) is 3.70. The molecule has 0 aliphatic heterocycles. The van der Waals surface area contributed by atoms with Crippen LogP contribution < -0.4 is 10.6 Å². The van der Waals surface area contributed by atoms with E-state index in [9.17, 15) is 4.79 Å². The molecule has 0 radical (unpaired) electrons. The Balaban J connectivity index is 2.19. The Bertz CT molecular complexity index is 670. The number of aromatic nitrogens is 1. The highest BCUT2D eigenvalue weighted by atomic mass is 35.5. The Morgan fingerprint density at radius 2 is 2.24 bits per heavy atom. The maximum atomic E-state index is 11.9. The van der Waals surface area contributed by atoms with Crippen molar-refractivity contribution in [1.82, 2.24) is 10.3 Å². The molecule has 108 valence electrons. The first kappa shape index (κ1) is 15.1. The number of hydrogen-bond donors (Lipinski definition) is 2. The first-order chi connectivity index (χ1) is 10.1. The van der Waals surface area contributed by atoms with Gasteiger partial charge in [0.05, 0.1) is 0 Å².